The highest BCUT2D eigenvalue weighted by Gasteiger charge is 2.29. The molecular weight excluding hydrogens is 462 g/mol. The van der Waals surface area contributed by atoms with Crippen LogP contribution in [0.2, 0.25) is 0 Å². The van der Waals surface area contributed by atoms with E-state index in [1.807, 2.05) is 24.1 Å². The molecule has 0 aliphatic carbocycles. The Morgan fingerprint density at radius 2 is 2.00 bits per heavy atom. The largest absolute Gasteiger partial charge is 0.471 e. The van der Waals surface area contributed by atoms with Crippen LogP contribution in [0.3, 0.4) is 0 Å². The Bertz CT molecular complexity index is 1400. The van der Waals surface area contributed by atoms with Crippen molar-refractivity contribution in [1.29, 1.82) is 0 Å². The standard InChI is InChI=1S/C22H23N5O4S2/c1-13(2)20-25-22(31-26-20)27-9-8-15(10-27)30-21-19-18(23-12-24-21)17(11-32-19)14-4-6-16(7-5-14)33(3,28)29/h4-7,11-13,15H,8-10H2,1-3H3. The van der Waals surface area contributed by atoms with Crippen LogP contribution in [-0.4, -0.2) is 54.0 Å². The fourth-order valence-electron chi connectivity index (χ4n) is 3.75. The summed E-state index contributed by atoms with van der Waals surface area (Å²) >= 11 is 1.51. The van der Waals surface area contributed by atoms with Crippen LogP contribution < -0.4 is 9.64 Å². The molecule has 11 heteroatoms. The van der Waals surface area contributed by atoms with E-state index in [9.17, 15) is 8.42 Å². The second-order valence-corrected chi connectivity index (χ2v) is 11.3. The Hall–Kier alpha value is -3.05. The van der Waals surface area contributed by atoms with E-state index >= 15 is 0 Å². The van der Waals surface area contributed by atoms with E-state index in [0.29, 0.717) is 24.3 Å². The number of sulfone groups is 1. The van der Waals surface area contributed by atoms with Crippen molar-refractivity contribution in [3.8, 4) is 17.0 Å². The Morgan fingerprint density at radius 1 is 1.21 bits per heavy atom. The zero-order chi connectivity index (χ0) is 23.2. The van der Waals surface area contributed by atoms with Crippen molar-refractivity contribution in [2.75, 3.05) is 24.2 Å². The van der Waals surface area contributed by atoms with E-state index in [-0.39, 0.29) is 16.9 Å². The molecule has 4 heterocycles. The molecule has 9 nitrogen and oxygen atoms in total. The average molecular weight is 486 g/mol. The van der Waals surface area contributed by atoms with Crippen LogP contribution in [0.15, 0.2) is 45.4 Å². The zero-order valence-electron chi connectivity index (χ0n) is 18.4. The molecule has 1 aliphatic heterocycles. The van der Waals surface area contributed by atoms with Crippen LogP contribution in [0, 0.1) is 0 Å². The van der Waals surface area contributed by atoms with Crippen molar-refractivity contribution in [2.24, 2.45) is 0 Å². The van der Waals surface area contributed by atoms with E-state index in [1.54, 1.807) is 24.3 Å². The summed E-state index contributed by atoms with van der Waals surface area (Å²) in [7, 11) is -3.24. The number of anilines is 1. The molecule has 1 unspecified atom stereocenters. The number of benzene rings is 1. The lowest BCUT2D eigenvalue weighted by Gasteiger charge is -2.14. The topological polar surface area (TPSA) is 111 Å². The highest BCUT2D eigenvalue weighted by molar-refractivity contribution is 7.90. The number of nitrogens with zero attached hydrogens (tertiary/aromatic N) is 5. The molecule has 172 valence electrons. The Morgan fingerprint density at radius 3 is 2.70 bits per heavy atom. The summed E-state index contributed by atoms with van der Waals surface area (Å²) in [5.41, 5.74) is 2.59. The first-order chi connectivity index (χ1) is 15.8. The van der Waals surface area contributed by atoms with Gasteiger partial charge in [-0.25, -0.2) is 18.4 Å². The van der Waals surface area contributed by atoms with E-state index in [1.165, 1.54) is 23.9 Å². The fraction of sp³-hybridized carbons (Fsp3) is 0.364. The van der Waals surface area contributed by atoms with Crippen LogP contribution in [-0.2, 0) is 9.84 Å². The lowest BCUT2D eigenvalue weighted by atomic mass is 10.1. The molecule has 0 N–H and O–H groups in total. The first kappa shape index (κ1) is 21.8. The number of hydrogen-bond acceptors (Lipinski definition) is 10. The molecule has 1 aromatic carbocycles. The van der Waals surface area contributed by atoms with Crippen molar-refractivity contribution in [3.05, 3.63) is 41.8 Å². The maximum Gasteiger partial charge on any atom is 0.324 e. The second kappa shape index (κ2) is 8.38. The van der Waals surface area contributed by atoms with E-state index < -0.39 is 9.84 Å². The van der Waals surface area contributed by atoms with Gasteiger partial charge in [0, 0.05) is 36.1 Å². The average Bonchev–Trinajstić information content (AvgIpc) is 3.53. The van der Waals surface area contributed by atoms with Crippen LogP contribution >= 0.6 is 11.3 Å². The second-order valence-electron chi connectivity index (χ2n) is 8.37. The van der Waals surface area contributed by atoms with Gasteiger partial charge in [0.15, 0.2) is 15.7 Å². The molecule has 3 aromatic heterocycles. The molecule has 4 aromatic rings. The molecule has 1 saturated heterocycles. The molecule has 1 aliphatic rings. The Balaban J connectivity index is 1.35. The van der Waals surface area contributed by atoms with Gasteiger partial charge in [0.2, 0.25) is 5.88 Å². The number of aromatic nitrogens is 4. The predicted octanol–water partition coefficient (Wildman–Crippen LogP) is 3.93. The summed E-state index contributed by atoms with van der Waals surface area (Å²) < 4.78 is 36.0. The number of hydrogen-bond donors (Lipinski definition) is 0. The normalized spacial score (nSPS) is 16.7. The summed E-state index contributed by atoms with van der Waals surface area (Å²) in [6.45, 7) is 5.46. The van der Waals surface area contributed by atoms with E-state index in [4.69, 9.17) is 9.26 Å². The minimum absolute atomic E-state index is 0.0582. The van der Waals surface area contributed by atoms with Gasteiger partial charge in [-0.15, -0.1) is 11.3 Å². The van der Waals surface area contributed by atoms with Crippen LogP contribution in [0.25, 0.3) is 21.3 Å². The Kier molecular flexibility index (Phi) is 5.53. The number of fused-ring (bicyclic) bond motifs is 1. The van der Waals surface area contributed by atoms with Crippen molar-refractivity contribution < 1.29 is 17.7 Å². The minimum Gasteiger partial charge on any atom is -0.471 e. The monoisotopic (exact) mass is 485 g/mol. The van der Waals surface area contributed by atoms with Gasteiger partial charge in [0.05, 0.1) is 17.0 Å². The third-order valence-electron chi connectivity index (χ3n) is 5.56. The van der Waals surface area contributed by atoms with Crippen LogP contribution in [0.1, 0.15) is 32.0 Å². The van der Waals surface area contributed by atoms with Gasteiger partial charge in [-0.3, -0.25) is 0 Å². The van der Waals surface area contributed by atoms with Gasteiger partial charge in [-0.2, -0.15) is 4.98 Å². The van der Waals surface area contributed by atoms with E-state index in [2.05, 4.69) is 20.1 Å². The van der Waals surface area contributed by atoms with Crippen molar-refractivity contribution in [3.63, 3.8) is 0 Å². The highest BCUT2D eigenvalue weighted by Crippen LogP contribution is 2.37. The van der Waals surface area contributed by atoms with Crippen molar-refractivity contribution in [1.82, 2.24) is 20.1 Å². The molecule has 0 bridgehead atoms. The summed E-state index contributed by atoms with van der Waals surface area (Å²) in [4.78, 5) is 15.6. The zero-order valence-corrected chi connectivity index (χ0v) is 20.1. The summed E-state index contributed by atoms with van der Waals surface area (Å²) in [5, 5.41) is 6.03. The maximum atomic E-state index is 11.7. The van der Waals surface area contributed by atoms with Gasteiger partial charge in [-0.1, -0.05) is 31.1 Å². The van der Waals surface area contributed by atoms with Crippen molar-refractivity contribution >= 4 is 37.4 Å². The van der Waals surface area contributed by atoms with Gasteiger partial charge in [0.1, 0.15) is 17.1 Å². The first-order valence-corrected chi connectivity index (χ1v) is 13.3. The van der Waals surface area contributed by atoms with Crippen LogP contribution in [0.4, 0.5) is 6.01 Å². The molecule has 1 atom stereocenters. The lowest BCUT2D eigenvalue weighted by molar-refractivity contribution is 0.218. The summed E-state index contributed by atoms with van der Waals surface area (Å²) in [6, 6.07) is 7.34. The first-order valence-electron chi connectivity index (χ1n) is 10.6. The van der Waals surface area contributed by atoms with Gasteiger partial charge < -0.3 is 14.2 Å². The van der Waals surface area contributed by atoms with Gasteiger partial charge in [0.25, 0.3) is 0 Å². The van der Waals surface area contributed by atoms with Crippen molar-refractivity contribution in [2.45, 2.75) is 37.2 Å². The number of thiophene rings is 1. The third-order valence-corrected chi connectivity index (χ3v) is 7.64. The SMILES string of the molecule is CC(C)c1noc(N2CCC(Oc3ncnc4c(-c5ccc(S(C)(=O)=O)cc5)csc34)C2)n1. The molecule has 5 rings (SSSR count). The molecule has 1 fully saturated rings. The smallest absolute Gasteiger partial charge is 0.324 e. The molecule has 0 spiro atoms. The number of ether oxygens (including phenoxy) is 1. The quantitative estimate of drug-likeness (QED) is 0.401. The molecule has 0 amide bonds. The summed E-state index contributed by atoms with van der Waals surface area (Å²) in [6.07, 6.45) is 3.45. The fourth-order valence-corrected chi connectivity index (χ4v) is 5.33. The minimum atomic E-state index is -3.24. The van der Waals surface area contributed by atoms with E-state index in [0.717, 1.165) is 34.3 Å². The molecule has 0 saturated carbocycles. The predicted molar refractivity (Wildman–Crippen MR) is 126 cm³/mol. The lowest BCUT2D eigenvalue weighted by Crippen LogP contribution is -2.25. The number of rotatable bonds is 6. The van der Waals surface area contributed by atoms with Gasteiger partial charge in [-0.05, 0) is 17.7 Å². The van der Waals surface area contributed by atoms with Gasteiger partial charge >= 0.3 is 6.01 Å². The highest BCUT2D eigenvalue weighted by atomic mass is 32.2. The third kappa shape index (κ3) is 4.30. The maximum absolute atomic E-state index is 11.7. The molecule has 0 radical (unpaired) electrons. The Labute approximate surface area is 195 Å². The van der Waals surface area contributed by atoms with Crippen LogP contribution in [0.5, 0.6) is 5.88 Å². The molecular formula is C22H23N5O4S2. The summed E-state index contributed by atoms with van der Waals surface area (Å²) in [5.74, 6) is 1.45. The molecule has 33 heavy (non-hydrogen) atoms.